The van der Waals surface area contributed by atoms with Gasteiger partial charge in [-0.05, 0) is 25.8 Å². The summed E-state index contributed by atoms with van der Waals surface area (Å²) in [6.45, 7) is 13.9. The summed E-state index contributed by atoms with van der Waals surface area (Å²) in [5, 5.41) is 0. The van der Waals surface area contributed by atoms with Crippen molar-refractivity contribution in [2.24, 2.45) is 0 Å². The van der Waals surface area contributed by atoms with Crippen LogP contribution in [0.2, 0.25) is 0 Å². The number of nitrogens with zero attached hydrogens (tertiary/aromatic N) is 2. The Morgan fingerprint density at radius 2 is 1.45 bits per heavy atom. The standard InChI is InChI=1S/C18H30N2/c1-5-17-6-8-18(9-7-17)14-20-12-10-19(4,11-13-20)15(2)16(20)3/h6-9,15-16H,5,10-14H2,1-4H3/q+2. The number of likely N-dealkylation sites (N-methyl/N-ethyl adjacent to an activating group) is 1. The summed E-state index contributed by atoms with van der Waals surface area (Å²) in [6, 6.07) is 10.9. The van der Waals surface area contributed by atoms with Gasteiger partial charge >= 0.3 is 0 Å². The highest BCUT2D eigenvalue weighted by Crippen LogP contribution is 2.36. The highest BCUT2D eigenvalue weighted by Gasteiger charge is 2.56. The van der Waals surface area contributed by atoms with E-state index in [0.29, 0.717) is 0 Å². The lowest BCUT2D eigenvalue weighted by molar-refractivity contribution is -1.11. The minimum atomic E-state index is 0.786. The lowest BCUT2D eigenvalue weighted by Gasteiger charge is -2.61. The molecule has 2 nitrogen and oxygen atoms in total. The van der Waals surface area contributed by atoms with Gasteiger partial charge in [0, 0.05) is 5.56 Å². The summed E-state index contributed by atoms with van der Waals surface area (Å²) in [6.07, 6.45) is 1.14. The predicted octanol–water partition coefficient (Wildman–Crippen LogP) is 2.82. The molecule has 0 saturated carbocycles. The predicted molar refractivity (Wildman–Crippen MR) is 84.4 cm³/mol. The van der Waals surface area contributed by atoms with E-state index in [0.717, 1.165) is 18.5 Å². The van der Waals surface area contributed by atoms with Crippen LogP contribution < -0.4 is 0 Å². The smallest absolute Gasteiger partial charge is 0.139 e. The Morgan fingerprint density at radius 1 is 0.900 bits per heavy atom. The van der Waals surface area contributed by atoms with Crippen molar-refractivity contribution in [3.05, 3.63) is 35.4 Å². The van der Waals surface area contributed by atoms with Crippen LogP contribution in [-0.4, -0.2) is 54.3 Å². The van der Waals surface area contributed by atoms with Gasteiger partial charge in [-0.2, -0.15) is 0 Å². The molecule has 2 unspecified atom stereocenters. The van der Waals surface area contributed by atoms with Gasteiger partial charge in [-0.3, -0.25) is 0 Å². The average molecular weight is 274 g/mol. The Balaban J connectivity index is 1.82. The number of piperazine rings is 3. The van der Waals surface area contributed by atoms with Crippen LogP contribution in [0.15, 0.2) is 24.3 Å². The molecule has 2 heteroatoms. The first kappa shape index (κ1) is 14.1. The summed E-state index contributed by atoms with van der Waals surface area (Å²) >= 11 is 0. The summed E-state index contributed by atoms with van der Waals surface area (Å²) in [5.41, 5.74) is 2.98. The zero-order valence-electron chi connectivity index (χ0n) is 13.6. The van der Waals surface area contributed by atoms with Gasteiger partial charge in [0.2, 0.25) is 0 Å². The molecule has 3 saturated heterocycles. The van der Waals surface area contributed by atoms with E-state index in [1.165, 1.54) is 52.8 Å². The molecule has 110 valence electrons. The molecule has 2 atom stereocenters. The second kappa shape index (κ2) is 4.85. The third kappa shape index (κ3) is 2.10. The summed E-state index contributed by atoms with van der Waals surface area (Å²) in [4.78, 5) is 0. The topological polar surface area (TPSA) is 0 Å². The van der Waals surface area contributed by atoms with Gasteiger partial charge in [-0.1, -0.05) is 31.2 Å². The lowest BCUT2D eigenvalue weighted by atomic mass is 9.92. The Morgan fingerprint density at radius 3 is 2.00 bits per heavy atom. The molecule has 0 amide bonds. The summed E-state index contributed by atoms with van der Waals surface area (Å²) in [5.74, 6) is 0. The first-order chi connectivity index (χ1) is 9.49. The molecule has 0 aliphatic carbocycles. The Labute approximate surface area is 124 Å². The highest BCUT2D eigenvalue weighted by molar-refractivity contribution is 5.21. The zero-order valence-corrected chi connectivity index (χ0v) is 13.6. The zero-order chi connectivity index (χ0) is 14.4. The molecule has 0 spiro atoms. The second-order valence-electron chi connectivity index (χ2n) is 7.40. The monoisotopic (exact) mass is 274 g/mol. The number of fused-ring (bicyclic) bond motifs is 3. The van der Waals surface area contributed by atoms with Crippen molar-refractivity contribution in [1.82, 2.24) is 0 Å². The molecule has 3 aliphatic heterocycles. The molecule has 0 N–H and O–H groups in total. The van der Waals surface area contributed by atoms with Crippen molar-refractivity contribution in [3.8, 4) is 0 Å². The number of benzene rings is 1. The van der Waals surface area contributed by atoms with Crippen LogP contribution in [0.1, 0.15) is 31.9 Å². The molecular weight excluding hydrogens is 244 g/mol. The molecule has 20 heavy (non-hydrogen) atoms. The number of aryl methyl sites for hydroxylation is 1. The van der Waals surface area contributed by atoms with E-state index < -0.39 is 0 Å². The Kier molecular flexibility index (Phi) is 3.42. The maximum absolute atomic E-state index is 2.49. The normalized spacial score (nSPS) is 40.0. The fourth-order valence-corrected chi connectivity index (χ4v) is 4.42. The molecule has 0 radical (unpaired) electrons. The van der Waals surface area contributed by atoms with Gasteiger partial charge in [0.15, 0.2) is 0 Å². The third-order valence-corrected chi connectivity index (χ3v) is 6.59. The maximum Gasteiger partial charge on any atom is 0.139 e. The van der Waals surface area contributed by atoms with E-state index in [1.54, 1.807) is 0 Å². The van der Waals surface area contributed by atoms with Crippen LogP contribution in [0.25, 0.3) is 0 Å². The molecule has 2 bridgehead atoms. The minimum Gasteiger partial charge on any atom is -0.310 e. The van der Waals surface area contributed by atoms with Gasteiger partial charge in [0.25, 0.3) is 0 Å². The van der Waals surface area contributed by atoms with E-state index in [1.807, 2.05) is 0 Å². The number of hydrogen-bond acceptors (Lipinski definition) is 0. The van der Waals surface area contributed by atoms with E-state index >= 15 is 0 Å². The third-order valence-electron chi connectivity index (χ3n) is 6.59. The van der Waals surface area contributed by atoms with Crippen molar-refractivity contribution in [3.63, 3.8) is 0 Å². The fourth-order valence-electron chi connectivity index (χ4n) is 4.42. The van der Waals surface area contributed by atoms with E-state index in [9.17, 15) is 0 Å². The number of rotatable bonds is 3. The van der Waals surface area contributed by atoms with Gasteiger partial charge in [-0.15, -0.1) is 0 Å². The minimum absolute atomic E-state index is 0.786. The van der Waals surface area contributed by atoms with Crippen molar-refractivity contribution in [2.75, 3.05) is 33.2 Å². The highest BCUT2D eigenvalue weighted by atomic mass is 15.5. The molecule has 3 aliphatic rings. The van der Waals surface area contributed by atoms with E-state index in [2.05, 4.69) is 52.1 Å². The molecule has 1 aromatic carbocycles. The Bertz CT molecular complexity index is 469. The van der Waals surface area contributed by atoms with Crippen LogP contribution >= 0.6 is 0 Å². The van der Waals surface area contributed by atoms with Crippen LogP contribution in [0.3, 0.4) is 0 Å². The molecule has 1 aromatic rings. The van der Waals surface area contributed by atoms with E-state index in [4.69, 9.17) is 0 Å². The van der Waals surface area contributed by atoms with Crippen LogP contribution in [-0.2, 0) is 13.0 Å². The maximum atomic E-state index is 2.49. The van der Waals surface area contributed by atoms with Crippen molar-refractivity contribution < 1.29 is 8.97 Å². The van der Waals surface area contributed by atoms with Crippen LogP contribution in [0.4, 0.5) is 0 Å². The SMILES string of the molecule is CCc1ccc(C[N+]23CC[N+](C)(CC2)C(C)C3C)cc1. The van der Waals surface area contributed by atoms with Crippen LogP contribution in [0.5, 0.6) is 0 Å². The Hall–Kier alpha value is -0.860. The molecule has 0 aromatic heterocycles. The van der Waals surface area contributed by atoms with E-state index in [-0.39, 0.29) is 0 Å². The molecule has 4 rings (SSSR count). The number of hydrogen-bond donors (Lipinski definition) is 0. The largest absolute Gasteiger partial charge is 0.310 e. The van der Waals surface area contributed by atoms with Gasteiger partial charge in [0.1, 0.15) is 44.8 Å². The summed E-state index contributed by atoms with van der Waals surface area (Å²) in [7, 11) is 2.46. The van der Waals surface area contributed by atoms with Crippen molar-refractivity contribution in [2.45, 2.75) is 45.8 Å². The summed E-state index contributed by atoms with van der Waals surface area (Å²) < 4.78 is 2.62. The van der Waals surface area contributed by atoms with Crippen molar-refractivity contribution >= 4 is 0 Å². The first-order valence-corrected chi connectivity index (χ1v) is 8.27. The van der Waals surface area contributed by atoms with Crippen LogP contribution in [0, 0.1) is 0 Å². The average Bonchev–Trinajstić information content (AvgIpc) is 2.48. The lowest BCUT2D eigenvalue weighted by Crippen LogP contribution is -2.80. The molecule has 3 heterocycles. The van der Waals surface area contributed by atoms with Gasteiger partial charge in [0.05, 0.1) is 7.05 Å². The number of quaternary nitrogens is 2. The fraction of sp³-hybridized carbons (Fsp3) is 0.667. The van der Waals surface area contributed by atoms with Gasteiger partial charge in [-0.25, -0.2) is 0 Å². The van der Waals surface area contributed by atoms with Crippen molar-refractivity contribution in [1.29, 1.82) is 0 Å². The van der Waals surface area contributed by atoms with Gasteiger partial charge < -0.3 is 8.97 Å². The quantitative estimate of drug-likeness (QED) is 0.744. The molecule has 3 fully saturated rings. The second-order valence-corrected chi connectivity index (χ2v) is 7.40. The molecular formula is C18H30N2+2. The first-order valence-electron chi connectivity index (χ1n) is 8.27.